The van der Waals surface area contributed by atoms with Crippen molar-refractivity contribution in [3.8, 4) is 0 Å². The van der Waals surface area contributed by atoms with Crippen LogP contribution in [0, 0.1) is 0 Å². The minimum absolute atomic E-state index is 0.0815. The van der Waals surface area contributed by atoms with Crippen LogP contribution in [-0.2, 0) is 11.3 Å². The van der Waals surface area contributed by atoms with Crippen molar-refractivity contribution in [2.75, 3.05) is 5.75 Å². The number of thioether (sulfide) groups is 1. The summed E-state index contributed by atoms with van der Waals surface area (Å²) >= 11 is 2.27. The summed E-state index contributed by atoms with van der Waals surface area (Å²) in [7, 11) is 0. The molecule has 0 fully saturated rings. The lowest BCUT2D eigenvalue weighted by molar-refractivity contribution is -0.133. The van der Waals surface area contributed by atoms with Crippen molar-refractivity contribution in [2.45, 2.75) is 11.7 Å². The van der Waals surface area contributed by atoms with Crippen molar-refractivity contribution < 1.29 is 14.4 Å². The molecule has 0 aliphatic rings. The molecule has 0 spiro atoms. The Morgan fingerprint density at radius 2 is 2.38 bits per heavy atom. The van der Waals surface area contributed by atoms with Crippen molar-refractivity contribution in [2.24, 2.45) is 0 Å². The molecule has 1 N–H and O–H groups in total. The third kappa shape index (κ3) is 2.81. The number of aliphatic carboxylic acids is 1. The highest BCUT2D eigenvalue weighted by atomic mass is 32.2. The fourth-order valence-corrected chi connectivity index (χ4v) is 3.20. The third-order valence-electron chi connectivity index (χ3n) is 2.56. The second-order valence-corrected chi connectivity index (χ2v) is 5.81. The van der Waals surface area contributed by atoms with Gasteiger partial charge in [-0.3, -0.25) is 14.2 Å². The summed E-state index contributed by atoms with van der Waals surface area (Å²) in [5.74, 6) is -0.841. The van der Waals surface area contributed by atoms with E-state index in [1.165, 1.54) is 22.3 Å². The van der Waals surface area contributed by atoms with E-state index >= 15 is 0 Å². The molecule has 0 saturated carbocycles. The Labute approximate surface area is 125 Å². The minimum atomic E-state index is -0.981. The first-order chi connectivity index (χ1) is 10.1. The Morgan fingerprint density at radius 3 is 3.10 bits per heavy atom. The fourth-order valence-electron chi connectivity index (χ4n) is 1.70. The first kappa shape index (κ1) is 13.8. The van der Waals surface area contributed by atoms with Gasteiger partial charge in [-0.1, -0.05) is 16.9 Å². The van der Waals surface area contributed by atoms with E-state index in [4.69, 9.17) is 5.11 Å². The van der Waals surface area contributed by atoms with Gasteiger partial charge in [-0.25, -0.2) is 4.98 Å². The Kier molecular flexibility index (Phi) is 3.71. The average molecular weight is 324 g/mol. The number of carbonyl (C=O) groups is 1. The molecule has 0 aliphatic carbocycles. The Balaban J connectivity index is 2.08. The Hall–Kier alpha value is -2.20. The van der Waals surface area contributed by atoms with Crippen LogP contribution in [0.5, 0.6) is 0 Å². The predicted octanol–water partition coefficient (Wildman–Crippen LogP) is 1.07. The second-order valence-electron chi connectivity index (χ2n) is 3.95. The van der Waals surface area contributed by atoms with E-state index < -0.39 is 5.97 Å². The third-order valence-corrected chi connectivity index (χ3v) is 4.41. The summed E-state index contributed by atoms with van der Waals surface area (Å²) in [5.41, 5.74) is 0.315. The normalized spacial score (nSPS) is 11.0. The number of carboxylic acid groups (broad SMARTS) is 1. The van der Waals surface area contributed by atoms with Gasteiger partial charge in [-0.2, -0.15) is 4.98 Å². The van der Waals surface area contributed by atoms with Gasteiger partial charge in [-0.15, -0.1) is 11.3 Å². The van der Waals surface area contributed by atoms with Gasteiger partial charge in [0.05, 0.1) is 17.8 Å². The Morgan fingerprint density at radius 1 is 1.52 bits per heavy atom. The zero-order valence-corrected chi connectivity index (χ0v) is 12.1. The van der Waals surface area contributed by atoms with E-state index in [1.807, 2.05) is 0 Å². The summed E-state index contributed by atoms with van der Waals surface area (Å²) in [5, 5.41) is 14.5. The quantitative estimate of drug-likeness (QED) is 0.548. The lowest BCUT2D eigenvalue weighted by atomic mass is 10.4. The van der Waals surface area contributed by atoms with Crippen molar-refractivity contribution in [3.05, 3.63) is 34.0 Å². The molecule has 0 amide bonds. The molecule has 10 heteroatoms. The summed E-state index contributed by atoms with van der Waals surface area (Å²) in [6, 6.07) is 1.73. The van der Waals surface area contributed by atoms with Gasteiger partial charge in [0.15, 0.2) is 11.0 Å². The molecule has 0 aromatic carbocycles. The van der Waals surface area contributed by atoms with Gasteiger partial charge in [0.2, 0.25) is 6.39 Å². The van der Waals surface area contributed by atoms with Crippen LogP contribution in [0.4, 0.5) is 0 Å². The van der Waals surface area contributed by atoms with E-state index in [0.717, 1.165) is 11.8 Å². The molecule has 8 nitrogen and oxygen atoms in total. The maximum Gasteiger partial charge on any atom is 0.313 e. The molecular formula is C11H8N4O4S2. The zero-order valence-electron chi connectivity index (χ0n) is 10.4. The molecule has 108 valence electrons. The van der Waals surface area contributed by atoms with Gasteiger partial charge >= 0.3 is 5.97 Å². The average Bonchev–Trinajstić information content (AvgIpc) is 3.11. The number of nitrogens with zero attached hydrogens (tertiary/aromatic N) is 4. The Bertz CT molecular complexity index is 840. The molecule has 0 atom stereocenters. The monoisotopic (exact) mass is 324 g/mol. The lowest BCUT2D eigenvalue weighted by Crippen LogP contribution is -2.24. The number of fused-ring (bicyclic) bond motifs is 1. The number of thiophene rings is 1. The number of hydrogen-bond donors (Lipinski definition) is 1. The summed E-state index contributed by atoms with van der Waals surface area (Å²) in [4.78, 5) is 31.4. The maximum absolute atomic E-state index is 12.5. The minimum Gasteiger partial charge on any atom is -0.481 e. The summed E-state index contributed by atoms with van der Waals surface area (Å²) < 4.78 is 6.51. The fraction of sp³-hybridized carbons (Fsp3) is 0.182. The number of hydrogen-bond acceptors (Lipinski definition) is 8. The number of aromatic nitrogens is 4. The van der Waals surface area contributed by atoms with E-state index in [1.54, 1.807) is 11.4 Å². The smallest absolute Gasteiger partial charge is 0.313 e. The molecule has 21 heavy (non-hydrogen) atoms. The van der Waals surface area contributed by atoms with E-state index in [9.17, 15) is 9.59 Å². The lowest BCUT2D eigenvalue weighted by Gasteiger charge is -2.09. The van der Waals surface area contributed by atoms with Crippen LogP contribution in [-0.4, -0.2) is 36.5 Å². The van der Waals surface area contributed by atoms with E-state index in [-0.39, 0.29) is 17.9 Å². The first-order valence-electron chi connectivity index (χ1n) is 5.73. The highest BCUT2D eigenvalue weighted by Gasteiger charge is 2.15. The summed E-state index contributed by atoms with van der Waals surface area (Å²) in [6.07, 6.45) is 1.17. The maximum atomic E-state index is 12.5. The molecule has 3 aromatic heterocycles. The first-order valence-corrected chi connectivity index (χ1v) is 7.59. The standard InChI is InChI=1S/C11H8N4O4S2/c16-8(17)4-21-11-13-6-1-2-20-9(6)10(18)15(11)3-7-12-5-19-14-7/h1-2,5H,3-4H2,(H,16,17). The van der Waals surface area contributed by atoms with Crippen molar-refractivity contribution in [1.29, 1.82) is 0 Å². The second kappa shape index (κ2) is 5.66. The van der Waals surface area contributed by atoms with Crippen LogP contribution in [0.3, 0.4) is 0 Å². The van der Waals surface area contributed by atoms with Crippen LogP contribution in [0.2, 0.25) is 0 Å². The van der Waals surface area contributed by atoms with Crippen LogP contribution in [0.1, 0.15) is 5.82 Å². The molecule has 0 aliphatic heterocycles. The highest BCUT2D eigenvalue weighted by molar-refractivity contribution is 7.99. The highest BCUT2D eigenvalue weighted by Crippen LogP contribution is 2.21. The van der Waals surface area contributed by atoms with Crippen LogP contribution in [0.15, 0.2) is 32.3 Å². The van der Waals surface area contributed by atoms with Gasteiger partial charge in [0.1, 0.15) is 4.70 Å². The van der Waals surface area contributed by atoms with E-state index in [2.05, 4.69) is 19.6 Å². The molecule has 0 saturated heterocycles. The molecule has 0 unspecified atom stereocenters. The van der Waals surface area contributed by atoms with Crippen molar-refractivity contribution in [1.82, 2.24) is 19.7 Å². The van der Waals surface area contributed by atoms with Crippen LogP contribution >= 0.6 is 23.1 Å². The molecule has 0 bridgehead atoms. The van der Waals surface area contributed by atoms with Crippen molar-refractivity contribution in [3.63, 3.8) is 0 Å². The van der Waals surface area contributed by atoms with Gasteiger partial charge < -0.3 is 9.63 Å². The molecular weight excluding hydrogens is 316 g/mol. The molecule has 0 radical (unpaired) electrons. The van der Waals surface area contributed by atoms with Gasteiger partial charge in [0, 0.05) is 0 Å². The topological polar surface area (TPSA) is 111 Å². The van der Waals surface area contributed by atoms with Crippen LogP contribution < -0.4 is 5.56 Å². The molecule has 3 aromatic rings. The van der Waals surface area contributed by atoms with E-state index in [0.29, 0.717) is 21.2 Å². The SMILES string of the molecule is O=C(O)CSc1nc2ccsc2c(=O)n1Cc1ncon1. The van der Waals surface area contributed by atoms with Crippen molar-refractivity contribution >= 4 is 39.3 Å². The summed E-state index contributed by atoms with van der Waals surface area (Å²) in [6.45, 7) is 0.0815. The largest absolute Gasteiger partial charge is 0.481 e. The molecule has 3 heterocycles. The number of rotatable bonds is 5. The zero-order chi connectivity index (χ0) is 14.8. The van der Waals surface area contributed by atoms with Crippen LogP contribution in [0.25, 0.3) is 10.2 Å². The predicted molar refractivity (Wildman–Crippen MR) is 75.6 cm³/mol. The van der Waals surface area contributed by atoms with Gasteiger partial charge in [-0.05, 0) is 11.4 Å². The molecule has 3 rings (SSSR count). The van der Waals surface area contributed by atoms with Gasteiger partial charge in [0.25, 0.3) is 5.56 Å². The number of carboxylic acids is 1.